The Morgan fingerprint density at radius 3 is 2.29 bits per heavy atom. The van der Waals surface area contributed by atoms with E-state index in [1.807, 2.05) is 0 Å². The Balaban J connectivity index is 2.37. The lowest BCUT2D eigenvalue weighted by molar-refractivity contribution is 0.0732. The molecule has 0 aromatic heterocycles. The van der Waals surface area contributed by atoms with Gasteiger partial charge in [-0.25, -0.2) is 4.79 Å². The highest BCUT2D eigenvalue weighted by Crippen LogP contribution is 2.32. The van der Waals surface area contributed by atoms with Crippen molar-refractivity contribution in [2.75, 3.05) is 0 Å². The molecule has 0 saturated heterocycles. The highest BCUT2D eigenvalue weighted by Gasteiger charge is 2.17. The quantitative estimate of drug-likeness (QED) is 0.461. The Morgan fingerprint density at radius 1 is 1.05 bits per heavy atom. The maximum absolute atomic E-state index is 12.1. The minimum absolute atomic E-state index is 0.116. The minimum Gasteiger partial charge on any atom is -0.422 e. The van der Waals surface area contributed by atoms with Gasteiger partial charge in [-0.1, -0.05) is 48.3 Å². The summed E-state index contributed by atoms with van der Waals surface area (Å²) in [6, 6.07) is 11.3. The predicted molar refractivity (Wildman–Crippen MR) is 82.5 cm³/mol. The van der Waals surface area contributed by atoms with E-state index in [-0.39, 0.29) is 33.6 Å². The smallest absolute Gasteiger partial charge is 0.343 e. The molecule has 5 heteroatoms. The van der Waals surface area contributed by atoms with Crippen molar-refractivity contribution in [3.63, 3.8) is 0 Å². The van der Waals surface area contributed by atoms with Crippen LogP contribution in [0.2, 0.25) is 10.0 Å². The van der Waals surface area contributed by atoms with Crippen molar-refractivity contribution in [1.82, 2.24) is 0 Å². The van der Waals surface area contributed by atoms with Crippen LogP contribution in [0, 0.1) is 0 Å². The van der Waals surface area contributed by atoms with Gasteiger partial charge >= 0.3 is 5.97 Å². The zero-order valence-corrected chi connectivity index (χ0v) is 12.7. The topological polar surface area (TPSA) is 43.4 Å². The van der Waals surface area contributed by atoms with Crippen molar-refractivity contribution in [3.05, 3.63) is 63.6 Å². The fourth-order valence-corrected chi connectivity index (χ4v) is 2.07. The van der Waals surface area contributed by atoms with Gasteiger partial charge in [-0.15, -0.1) is 0 Å². The first-order chi connectivity index (χ1) is 10.0. The van der Waals surface area contributed by atoms with Crippen molar-refractivity contribution >= 4 is 35.0 Å². The highest BCUT2D eigenvalue weighted by atomic mass is 35.5. The van der Waals surface area contributed by atoms with Gasteiger partial charge < -0.3 is 4.74 Å². The van der Waals surface area contributed by atoms with Crippen molar-refractivity contribution in [2.24, 2.45) is 0 Å². The average molecular weight is 323 g/mol. The second-order valence-electron chi connectivity index (χ2n) is 4.29. The monoisotopic (exact) mass is 322 g/mol. The number of halogens is 2. The van der Waals surface area contributed by atoms with Gasteiger partial charge in [0.1, 0.15) is 5.75 Å². The van der Waals surface area contributed by atoms with Crippen LogP contribution >= 0.6 is 23.2 Å². The van der Waals surface area contributed by atoms with Crippen LogP contribution in [-0.2, 0) is 0 Å². The van der Waals surface area contributed by atoms with Crippen LogP contribution in [0.15, 0.2) is 42.5 Å². The van der Waals surface area contributed by atoms with Crippen LogP contribution in [0.4, 0.5) is 0 Å². The summed E-state index contributed by atoms with van der Waals surface area (Å²) in [5, 5.41) is 0.466. The molecule has 0 aliphatic rings. The second kappa shape index (κ2) is 6.74. The molecule has 0 amide bonds. The number of ketones is 1. The van der Waals surface area contributed by atoms with Crippen LogP contribution in [0.1, 0.15) is 34.1 Å². The molecule has 2 aromatic carbocycles. The zero-order chi connectivity index (χ0) is 15.4. The Morgan fingerprint density at radius 2 is 1.67 bits per heavy atom. The van der Waals surface area contributed by atoms with Crippen LogP contribution in [0.5, 0.6) is 5.75 Å². The lowest BCUT2D eigenvalue weighted by Crippen LogP contribution is -2.11. The van der Waals surface area contributed by atoms with Gasteiger partial charge in [0, 0.05) is 12.5 Å². The molecule has 0 N–H and O–H groups in total. The van der Waals surface area contributed by atoms with E-state index in [1.165, 1.54) is 12.1 Å². The molecule has 0 radical (unpaired) electrons. The van der Waals surface area contributed by atoms with E-state index in [9.17, 15) is 9.59 Å². The molecule has 0 aliphatic heterocycles. The fraction of sp³-hybridized carbons (Fsp3) is 0.125. The van der Waals surface area contributed by atoms with Crippen LogP contribution in [0.3, 0.4) is 0 Å². The molecule has 3 nitrogen and oxygen atoms in total. The first-order valence-electron chi connectivity index (χ1n) is 6.32. The molecule has 0 unspecified atom stereocenters. The van der Waals surface area contributed by atoms with Crippen molar-refractivity contribution < 1.29 is 14.3 Å². The average Bonchev–Trinajstić information content (AvgIpc) is 2.50. The summed E-state index contributed by atoms with van der Waals surface area (Å²) in [7, 11) is 0. The third-order valence-electron chi connectivity index (χ3n) is 2.86. The SMILES string of the molecule is CCC(=O)c1cc(Cl)c(Cl)cc1OC(=O)c1ccccc1. The Hall–Kier alpha value is -1.84. The van der Waals surface area contributed by atoms with Gasteiger partial charge in [-0.2, -0.15) is 0 Å². The Bertz CT molecular complexity index is 681. The minimum atomic E-state index is -0.556. The summed E-state index contributed by atoms with van der Waals surface area (Å²) in [5.74, 6) is -0.617. The molecule has 0 spiro atoms. The molecule has 108 valence electrons. The fourth-order valence-electron chi connectivity index (χ4n) is 1.75. The maximum atomic E-state index is 12.1. The number of hydrogen-bond donors (Lipinski definition) is 0. The summed E-state index contributed by atoms with van der Waals surface area (Å²) in [5.41, 5.74) is 0.634. The molecule has 0 aliphatic carbocycles. The standard InChI is InChI=1S/C16H12Cl2O3/c1-2-14(19)11-8-12(17)13(18)9-15(11)21-16(20)10-6-4-3-5-7-10/h3-9H,2H2,1H3. The van der Waals surface area contributed by atoms with Gasteiger partial charge in [-0.05, 0) is 18.2 Å². The normalized spacial score (nSPS) is 10.2. The van der Waals surface area contributed by atoms with Gasteiger partial charge in [0.15, 0.2) is 5.78 Å². The van der Waals surface area contributed by atoms with E-state index in [0.717, 1.165) is 0 Å². The number of Topliss-reactive ketones (excluding diaryl/α,β-unsaturated/α-hetero) is 1. The van der Waals surface area contributed by atoms with Crippen LogP contribution < -0.4 is 4.74 Å². The predicted octanol–water partition coefficient (Wildman–Crippen LogP) is 4.81. The molecule has 21 heavy (non-hydrogen) atoms. The maximum Gasteiger partial charge on any atom is 0.343 e. The van der Waals surface area contributed by atoms with Crippen molar-refractivity contribution in [3.8, 4) is 5.75 Å². The summed E-state index contributed by atoms with van der Waals surface area (Å²) in [6.45, 7) is 1.72. The molecule has 0 bridgehead atoms. The molecular formula is C16H12Cl2O3. The van der Waals surface area contributed by atoms with E-state index in [4.69, 9.17) is 27.9 Å². The summed E-state index contributed by atoms with van der Waals surface area (Å²) in [4.78, 5) is 24.0. The van der Waals surface area contributed by atoms with E-state index < -0.39 is 5.97 Å². The van der Waals surface area contributed by atoms with Crippen molar-refractivity contribution in [1.29, 1.82) is 0 Å². The molecule has 0 fully saturated rings. The number of esters is 1. The summed E-state index contributed by atoms with van der Waals surface area (Å²) >= 11 is 11.8. The van der Waals surface area contributed by atoms with E-state index >= 15 is 0 Å². The molecule has 2 aromatic rings. The first-order valence-corrected chi connectivity index (χ1v) is 7.08. The lowest BCUT2D eigenvalue weighted by Gasteiger charge is -2.10. The van der Waals surface area contributed by atoms with Gasteiger partial charge in [0.2, 0.25) is 0 Å². The lowest BCUT2D eigenvalue weighted by atomic mass is 10.1. The third kappa shape index (κ3) is 3.63. The number of carbonyl (C=O) groups is 2. The number of benzene rings is 2. The summed E-state index contributed by atoms with van der Waals surface area (Å²) < 4.78 is 5.29. The Labute approximate surface area is 132 Å². The number of carbonyl (C=O) groups excluding carboxylic acids is 2. The van der Waals surface area contributed by atoms with Crippen LogP contribution in [-0.4, -0.2) is 11.8 Å². The van der Waals surface area contributed by atoms with Crippen molar-refractivity contribution in [2.45, 2.75) is 13.3 Å². The molecule has 2 rings (SSSR count). The van der Waals surface area contributed by atoms with Gasteiger partial charge in [0.05, 0.1) is 21.2 Å². The second-order valence-corrected chi connectivity index (χ2v) is 5.11. The summed E-state index contributed by atoms with van der Waals surface area (Å²) in [6.07, 6.45) is 0.272. The van der Waals surface area contributed by atoms with E-state index in [0.29, 0.717) is 5.56 Å². The zero-order valence-electron chi connectivity index (χ0n) is 11.2. The number of hydrogen-bond acceptors (Lipinski definition) is 3. The number of rotatable bonds is 4. The van der Waals surface area contributed by atoms with Gasteiger partial charge in [-0.3, -0.25) is 4.79 Å². The first kappa shape index (κ1) is 15.5. The molecule has 0 heterocycles. The third-order valence-corrected chi connectivity index (χ3v) is 3.58. The van der Waals surface area contributed by atoms with Gasteiger partial charge in [0.25, 0.3) is 0 Å². The van der Waals surface area contributed by atoms with E-state index in [1.54, 1.807) is 37.3 Å². The molecular weight excluding hydrogens is 311 g/mol. The highest BCUT2D eigenvalue weighted by molar-refractivity contribution is 6.42. The molecule has 0 atom stereocenters. The number of ether oxygens (including phenoxy) is 1. The van der Waals surface area contributed by atoms with Crippen LogP contribution in [0.25, 0.3) is 0 Å². The Kier molecular flexibility index (Phi) is 4.99. The largest absolute Gasteiger partial charge is 0.422 e. The molecule has 0 saturated carbocycles. The van der Waals surface area contributed by atoms with E-state index in [2.05, 4.69) is 0 Å².